The number of alkyl halides is 3. The molecule has 2 heterocycles. The number of benzene rings is 2. The largest absolute Gasteiger partial charge is 0.471 e. The van der Waals surface area contributed by atoms with Crippen LogP contribution in [-0.4, -0.2) is 27.3 Å². The number of nitrogens with zero attached hydrogens (tertiary/aromatic N) is 2. The first kappa shape index (κ1) is 21.2. The zero-order valence-electron chi connectivity index (χ0n) is 16.0. The molecule has 4 aromatic rings. The third-order valence-electron chi connectivity index (χ3n) is 4.59. The minimum absolute atomic E-state index is 0.00532. The van der Waals surface area contributed by atoms with Crippen LogP contribution < -0.4 is 5.32 Å². The van der Waals surface area contributed by atoms with Gasteiger partial charge in [-0.2, -0.15) is 13.2 Å². The van der Waals surface area contributed by atoms with Gasteiger partial charge in [0.15, 0.2) is 11.6 Å². The molecule has 2 aromatic heterocycles. The predicted octanol–water partition coefficient (Wildman–Crippen LogP) is 5.01. The van der Waals surface area contributed by atoms with Gasteiger partial charge in [-0.15, -0.1) is 0 Å². The third-order valence-corrected chi connectivity index (χ3v) is 4.59. The fourth-order valence-electron chi connectivity index (χ4n) is 3.14. The minimum Gasteiger partial charge on any atom is -0.301 e. The molecule has 0 atom stereocenters. The lowest BCUT2D eigenvalue weighted by atomic mass is 10.1. The number of rotatable bonds is 4. The van der Waals surface area contributed by atoms with Gasteiger partial charge in [-0.05, 0) is 30.3 Å². The van der Waals surface area contributed by atoms with Gasteiger partial charge in [-0.1, -0.05) is 30.3 Å². The smallest absolute Gasteiger partial charge is 0.301 e. The summed E-state index contributed by atoms with van der Waals surface area (Å²) in [6, 6.07) is 13.3. The summed E-state index contributed by atoms with van der Waals surface area (Å²) in [5, 5.41) is 1.60. The van der Waals surface area contributed by atoms with Gasteiger partial charge in [-0.25, -0.2) is 13.8 Å². The maximum Gasteiger partial charge on any atom is 0.471 e. The molecule has 5 nitrogen and oxygen atoms in total. The first-order valence-corrected chi connectivity index (χ1v) is 9.10. The lowest BCUT2D eigenvalue weighted by Gasteiger charge is -2.10. The van der Waals surface area contributed by atoms with Crippen LogP contribution in [0.5, 0.6) is 0 Å². The van der Waals surface area contributed by atoms with Crippen LogP contribution in [0.1, 0.15) is 15.9 Å². The van der Waals surface area contributed by atoms with Crippen LogP contribution in [0.2, 0.25) is 0 Å². The van der Waals surface area contributed by atoms with Crippen LogP contribution in [0.4, 0.5) is 27.8 Å². The van der Waals surface area contributed by atoms with Gasteiger partial charge in [0, 0.05) is 22.9 Å². The number of nitrogens with one attached hydrogen (secondary N) is 1. The molecule has 0 fully saturated rings. The Kier molecular flexibility index (Phi) is 5.21. The molecule has 32 heavy (non-hydrogen) atoms. The van der Waals surface area contributed by atoms with Gasteiger partial charge >= 0.3 is 12.1 Å². The average Bonchev–Trinajstić information content (AvgIpc) is 3.11. The topological polar surface area (TPSA) is 63.5 Å². The molecule has 0 aliphatic carbocycles. The van der Waals surface area contributed by atoms with E-state index in [9.17, 15) is 31.5 Å². The van der Waals surface area contributed by atoms with Gasteiger partial charge < -0.3 is 5.32 Å². The van der Waals surface area contributed by atoms with E-state index in [1.807, 2.05) is 0 Å². The van der Waals surface area contributed by atoms with Crippen molar-refractivity contribution in [2.75, 3.05) is 5.32 Å². The Morgan fingerprint density at radius 1 is 0.906 bits per heavy atom. The van der Waals surface area contributed by atoms with Crippen molar-refractivity contribution in [3.63, 3.8) is 0 Å². The van der Waals surface area contributed by atoms with Crippen molar-refractivity contribution in [1.82, 2.24) is 9.38 Å². The van der Waals surface area contributed by atoms with E-state index in [2.05, 4.69) is 4.98 Å². The molecule has 1 N–H and O–H groups in total. The third kappa shape index (κ3) is 3.94. The lowest BCUT2D eigenvalue weighted by Crippen LogP contribution is -2.30. The Balaban J connectivity index is 1.93. The number of anilines is 1. The molecule has 10 heteroatoms. The van der Waals surface area contributed by atoms with Gasteiger partial charge in [0.05, 0.1) is 0 Å². The Labute approximate surface area is 177 Å². The number of carbonyl (C=O) groups excluding carboxylic acids is 2. The molecule has 0 bridgehead atoms. The molecule has 0 spiro atoms. The SMILES string of the molecule is O=C(c1ccccc1)c1ccc2nc(NC(=O)C(F)(F)F)c(-c3cc(F)ccc3F)n2c1. The van der Waals surface area contributed by atoms with Crippen molar-refractivity contribution in [3.05, 3.63) is 89.6 Å². The van der Waals surface area contributed by atoms with Crippen molar-refractivity contribution in [3.8, 4) is 11.3 Å². The van der Waals surface area contributed by atoms with Crippen molar-refractivity contribution < 1.29 is 31.5 Å². The molecule has 4 rings (SSSR count). The zero-order chi connectivity index (χ0) is 23.0. The number of amides is 1. The van der Waals surface area contributed by atoms with Crippen LogP contribution in [0.15, 0.2) is 66.9 Å². The summed E-state index contributed by atoms with van der Waals surface area (Å²) < 4.78 is 67.9. The number of halogens is 5. The summed E-state index contributed by atoms with van der Waals surface area (Å²) in [7, 11) is 0. The summed E-state index contributed by atoms with van der Waals surface area (Å²) in [4.78, 5) is 28.2. The molecule has 1 amide bonds. The number of ketones is 1. The summed E-state index contributed by atoms with van der Waals surface area (Å²) >= 11 is 0. The quantitative estimate of drug-likeness (QED) is 0.355. The standard InChI is InChI=1S/C22H12F5N3O2/c23-14-7-8-16(24)15(10-14)18-20(29-21(32)22(25,26)27)28-17-9-6-13(11-30(17)18)19(31)12-4-2-1-3-5-12/h1-11H,(H,29,32). The van der Waals surface area contributed by atoms with E-state index in [0.717, 1.165) is 22.6 Å². The van der Waals surface area contributed by atoms with E-state index in [4.69, 9.17) is 0 Å². The number of hydrogen-bond acceptors (Lipinski definition) is 3. The molecule has 0 saturated carbocycles. The highest BCUT2D eigenvalue weighted by molar-refractivity contribution is 6.09. The van der Waals surface area contributed by atoms with E-state index in [1.54, 1.807) is 35.6 Å². The molecule has 0 aliphatic heterocycles. The first-order valence-electron chi connectivity index (χ1n) is 9.10. The van der Waals surface area contributed by atoms with Crippen LogP contribution in [-0.2, 0) is 4.79 Å². The normalized spacial score (nSPS) is 11.5. The van der Waals surface area contributed by atoms with Crippen molar-refractivity contribution >= 4 is 23.2 Å². The molecular weight excluding hydrogens is 433 g/mol. The van der Waals surface area contributed by atoms with E-state index in [0.29, 0.717) is 5.56 Å². The number of hydrogen-bond donors (Lipinski definition) is 1. The molecule has 162 valence electrons. The van der Waals surface area contributed by atoms with Crippen molar-refractivity contribution in [2.45, 2.75) is 6.18 Å². The second-order valence-corrected chi connectivity index (χ2v) is 6.73. The lowest BCUT2D eigenvalue weighted by molar-refractivity contribution is -0.167. The van der Waals surface area contributed by atoms with Gasteiger partial charge in [0.1, 0.15) is 23.0 Å². The Hall–Kier alpha value is -4.08. The second-order valence-electron chi connectivity index (χ2n) is 6.73. The summed E-state index contributed by atoms with van der Waals surface area (Å²) in [6.45, 7) is 0. The number of aromatic nitrogens is 2. The van der Waals surface area contributed by atoms with Crippen LogP contribution >= 0.6 is 0 Å². The highest BCUT2D eigenvalue weighted by Gasteiger charge is 2.39. The fourth-order valence-corrected chi connectivity index (χ4v) is 3.14. The maximum atomic E-state index is 14.5. The summed E-state index contributed by atoms with van der Waals surface area (Å²) in [5.74, 6) is -5.20. The summed E-state index contributed by atoms with van der Waals surface area (Å²) in [5.41, 5.74) is -0.328. The number of imidazole rings is 1. The van der Waals surface area contributed by atoms with Crippen molar-refractivity contribution in [1.29, 1.82) is 0 Å². The van der Waals surface area contributed by atoms with E-state index >= 15 is 0 Å². The second kappa shape index (κ2) is 7.88. The number of pyridine rings is 1. The molecular formula is C22H12F5N3O2. The van der Waals surface area contributed by atoms with E-state index in [1.165, 1.54) is 18.3 Å². The first-order chi connectivity index (χ1) is 15.1. The van der Waals surface area contributed by atoms with Crippen LogP contribution in [0.3, 0.4) is 0 Å². The minimum atomic E-state index is -5.23. The average molecular weight is 445 g/mol. The summed E-state index contributed by atoms with van der Waals surface area (Å²) in [6.07, 6.45) is -4.00. The predicted molar refractivity (Wildman–Crippen MR) is 105 cm³/mol. The Bertz CT molecular complexity index is 1350. The Morgan fingerprint density at radius 2 is 1.62 bits per heavy atom. The molecule has 0 radical (unpaired) electrons. The highest BCUT2D eigenvalue weighted by atomic mass is 19.4. The molecule has 0 saturated heterocycles. The van der Waals surface area contributed by atoms with Crippen LogP contribution in [0.25, 0.3) is 16.9 Å². The zero-order valence-corrected chi connectivity index (χ0v) is 16.0. The Morgan fingerprint density at radius 3 is 2.31 bits per heavy atom. The number of carbonyl (C=O) groups is 2. The van der Waals surface area contributed by atoms with Gasteiger partial charge in [-0.3, -0.25) is 14.0 Å². The maximum absolute atomic E-state index is 14.5. The van der Waals surface area contributed by atoms with Gasteiger partial charge in [0.2, 0.25) is 0 Å². The molecule has 2 aromatic carbocycles. The molecule has 0 unspecified atom stereocenters. The number of fused-ring (bicyclic) bond motifs is 1. The van der Waals surface area contributed by atoms with Crippen LogP contribution in [0, 0.1) is 11.6 Å². The monoisotopic (exact) mass is 445 g/mol. The van der Waals surface area contributed by atoms with E-state index < -0.39 is 40.9 Å². The van der Waals surface area contributed by atoms with E-state index in [-0.39, 0.29) is 16.9 Å². The fraction of sp³-hybridized carbons (Fsp3) is 0.0455. The molecule has 0 aliphatic rings. The van der Waals surface area contributed by atoms with Gasteiger partial charge in [0.25, 0.3) is 0 Å². The highest BCUT2D eigenvalue weighted by Crippen LogP contribution is 2.33. The van der Waals surface area contributed by atoms with Crippen molar-refractivity contribution in [2.24, 2.45) is 0 Å².